The number of fused-ring (bicyclic) bond motifs is 14. The topological polar surface area (TPSA) is 48.3 Å². The van der Waals surface area contributed by atoms with Crippen LogP contribution < -0.4 is 0 Å². The molecule has 0 atom stereocenters. The predicted molar refractivity (Wildman–Crippen MR) is 236 cm³/mol. The Morgan fingerprint density at radius 1 is 0.421 bits per heavy atom. The van der Waals surface area contributed by atoms with Crippen LogP contribution in [0.4, 0.5) is 0 Å². The molecule has 5 nitrogen and oxygen atoms in total. The Labute approximate surface area is 323 Å². The Balaban J connectivity index is 1.35. The molecule has 5 aromatic heterocycles. The molecule has 0 amide bonds. The minimum atomic E-state index is 0.793. The number of hydrogen-bond acceptors (Lipinski definition) is 3. The van der Waals surface area contributed by atoms with Gasteiger partial charge < -0.3 is 8.82 Å². The maximum absolute atomic E-state index is 6.99. The van der Waals surface area contributed by atoms with Crippen LogP contribution in [0.1, 0.15) is 0 Å². The van der Waals surface area contributed by atoms with Crippen LogP contribution >= 0.6 is 0 Å². The second-order valence-corrected chi connectivity index (χ2v) is 15.3. The van der Waals surface area contributed by atoms with E-state index in [4.69, 9.17) is 14.4 Å². The third-order valence-electron chi connectivity index (χ3n) is 12.4. The van der Waals surface area contributed by atoms with Gasteiger partial charge in [0.15, 0.2) is 5.82 Å². The van der Waals surface area contributed by atoms with Gasteiger partial charge in [-0.05, 0) is 41.1 Å². The zero-order valence-electron chi connectivity index (χ0n) is 30.4. The van der Waals surface area contributed by atoms with Crippen LogP contribution in [0.2, 0.25) is 0 Å². The second kappa shape index (κ2) is 10.5. The van der Waals surface area contributed by atoms with E-state index in [1.165, 1.54) is 27.2 Å². The Morgan fingerprint density at radius 2 is 1.14 bits per heavy atom. The van der Waals surface area contributed by atoms with Crippen molar-refractivity contribution in [2.24, 2.45) is 0 Å². The Morgan fingerprint density at radius 3 is 2.04 bits per heavy atom. The molecule has 57 heavy (non-hydrogen) atoms. The van der Waals surface area contributed by atoms with Gasteiger partial charge in [-0.15, -0.1) is 0 Å². The summed E-state index contributed by atoms with van der Waals surface area (Å²) in [5, 5.41) is 13.7. The molecular weight excluding hydrogens is 697 g/mol. The summed E-state index contributed by atoms with van der Waals surface area (Å²) in [6.45, 7) is 0. The van der Waals surface area contributed by atoms with E-state index in [0.29, 0.717) is 0 Å². The van der Waals surface area contributed by atoms with Crippen molar-refractivity contribution < 1.29 is 4.42 Å². The largest absolute Gasteiger partial charge is 0.455 e. The fourth-order valence-corrected chi connectivity index (χ4v) is 10.0. The van der Waals surface area contributed by atoms with Crippen LogP contribution in [0.5, 0.6) is 0 Å². The molecule has 0 N–H and O–H groups in total. The van der Waals surface area contributed by atoms with Crippen molar-refractivity contribution in [3.05, 3.63) is 170 Å². The van der Waals surface area contributed by atoms with E-state index < -0.39 is 0 Å². The summed E-state index contributed by atoms with van der Waals surface area (Å²) in [7, 11) is 0. The van der Waals surface area contributed by atoms with Gasteiger partial charge in [0.25, 0.3) is 0 Å². The highest BCUT2D eigenvalue weighted by Crippen LogP contribution is 2.50. The summed E-state index contributed by atoms with van der Waals surface area (Å²) in [5.74, 6) is 0.793. The van der Waals surface area contributed by atoms with Gasteiger partial charge in [0.1, 0.15) is 16.9 Å². The zero-order chi connectivity index (χ0) is 36.9. The summed E-state index contributed by atoms with van der Waals surface area (Å²) in [6, 6.07) is 60.8. The van der Waals surface area contributed by atoms with E-state index in [9.17, 15) is 0 Å². The highest BCUT2D eigenvalue weighted by Gasteiger charge is 2.29. The predicted octanol–water partition coefficient (Wildman–Crippen LogP) is 13.7. The smallest absolute Gasteiger partial charge is 0.165 e. The standard InChI is InChI=1S/C52H28N4O/c1-2-14-30(15-3-1)47-52(54-48-32-17-6-4-13-29(32)25-26-39(48)53-47)56-42-28-38-35-20-9-11-24-43(35)57-51(38)44-37-22-12-21-36-34-19-8-10-23-40(34)55(49(36)37)41-27-31-16-5-7-18-33(31)50(56)46(41)45(42)44/h1-28H. The number of furan rings is 1. The number of aromatic nitrogens is 4. The average molecular weight is 725 g/mol. The molecule has 14 rings (SSSR count). The first-order valence-electron chi connectivity index (χ1n) is 19.4. The molecule has 5 heterocycles. The molecule has 5 heteroatoms. The van der Waals surface area contributed by atoms with Crippen molar-refractivity contribution in [1.82, 2.24) is 18.9 Å². The lowest BCUT2D eigenvalue weighted by atomic mass is 9.99. The van der Waals surface area contributed by atoms with Crippen molar-refractivity contribution in [3.63, 3.8) is 0 Å². The third-order valence-corrected chi connectivity index (χ3v) is 12.4. The minimum absolute atomic E-state index is 0.793. The maximum atomic E-state index is 6.99. The van der Waals surface area contributed by atoms with Crippen LogP contribution in [0.15, 0.2) is 174 Å². The molecule has 0 radical (unpaired) electrons. The lowest BCUT2D eigenvalue weighted by Gasteiger charge is -2.16. The molecular formula is C52H28N4O. The van der Waals surface area contributed by atoms with Gasteiger partial charge in [-0.3, -0.25) is 4.57 Å². The summed E-state index contributed by atoms with van der Waals surface area (Å²) < 4.78 is 11.9. The van der Waals surface area contributed by atoms with Crippen molar-refractivity contribution in [1.29, 1.82) is 0 Å². The molecule has 0 spiro atoms. The number of nitrogens with zero attached hydrogens (tertiary/aromatic N) is 4. The molecule has 0 aliphatic rings. The Hall–Kier alpha value is -7.76. The first-order valence-corrected chi connectivity index (χ1v) is 19.4. The Kier molecular flexibility index (Phi) is 5.45. The molecule has 0 fully saturated rings. The number of hydrogen-bond donors (Lipinski definition) is 0. The first kappa shape index (κ1) is 29.6. The lowest BCUT2D eigenvalue weighted by Crippen LogP contribution is -2.04. The monoisotopic (exact) mass is 724 g/mol. The van der Waals surface area contributed by atoms with E-state index in [0.717, 1.165) is 104 Å². The number of rotatable bonds is 2. The third kappa shape index (κ3) is 3.69. The van der Waals surface area contributed by atoms with Gasteiger partial charge in [0.2, 0.25) is 0 Å². The number of benzene rings is 9. The minimum Gasteiger partial charge on any atom is -0.455 e. The fraction of sp³-hybridized carbons (Fsp3) is 0. The molecule has 0 unspecified atom stereocenters. The van der Waals surface area contributed by atoms with Crippen molar-refractivity contribution in [2.75, 3.05) is 0 Å². The summed E-state index contributed by atoms with van der Waals surface area (Å²) in [6.07, 6.45) is 0. The van der Waals surface area contributed by atoms with Crippen molar-refractivity contribution in [2.45, 2.75) is 0 Å². The van der Waals surface area contributed by atoms with Gasteiger partial charge in [-0.25, -0.2) is 9.97 Å². The number of para-hydroxylation sites is 3. The molecule has 0 saturated carbocycles. The van der Waals surface area contributed by atoms with E-state index in [1.807, 2.05) is 0 Å². The van der Waals surface area contributed by atoms with Crippen LogP contribution in [0, 0.1) is 0 Å². The van der Waals surface area contributed by atoms with Gasteiger partial charge in [0, 0.05) is 59.4 Å². The van der Waals surface area contributed by atoms with Crippen molar-refractivity contribution >= 4 is 114 Å². The maximum Gasteiger partial charge on any atom is 0.165 e. The van der Waals surface area contributed by atoms with Crippen LogP contribution in [-0.2, 0) is 0 Å². The van der Waals surface area contributed by atoms with Gasteiger partial charge in [-0.2, -0.15) is 0 Å². The molecule has 0 saturated heterocycles. The van der Waals surface area contributed by atoms with E-state index in [2.05, 4.69) is 179 Å². The van der Waals surface area contributed by atoms with Crippen LogP contribution in [0.3, 0.4) is 0 Å². The van der Waals surface area contributed by atoms with Gasteiger partial charge in [0.05, 0.1) is 38.6 Å². The molecule has 14 aromatic rings. The van der Waals surface area contributed by atoms with Gasteiger partial charge in [-0.1, -0.05) is 140 Å². The second-order valence-electron chi connectivity index (χ2n) is 15.3. The fourth-order valence-electron chi connectivity index (χ4n) is 10.0. The summed E-state index contributed by atoms with van der Waals surface area (Å²) in [4.78, 5) is 11.3. The average Bonchev–Trinajstić information content (AvgIpc) is 3.90. The Bertz CT molecular complexity index is 4040. The molecule has 262 valence electrons. The lowest BCUT2D eigenvalue weighted by molar-refractivity contribution is 0.673. The zero-order valence-corrected chi connectivity index (χ0v) is 30.4. The summed E-state index contributed by atoms with van der Waals surface area (Å²) >= 11 is 0. The summed E-state index contributed by atoms with van der Waals surface area (Å²) in [5.41, 5.74) is 11.0. The molecule has 0 aliphatic carbocycles. The van der Waals surface area contributed by atoms with Crippen molar-refractivity contribution in [3.8, 4) is 17.1 Å². The van der Waals surface area contributed by atoms with Gasteiger partial charge >= 0.3 is 0 Å². The highest BCUT2D eigenvalue weighted by molar-refractivity contribution is 6.39. The normalized spacial score (nSPS) is 12.6. The molecule has 9 aromatic carbocycles. The molecule has 0 aliphatic heterocycles. The highest BCUT2D eigenvalue weighted by atomic mass is 16.3. The van der Waals surface area contributed by atoms with E-state index in [-0.39, 0.29) is 0 Å². The molecule has 0 bridgehead atoms. The quantitative estimate of drug-likeness (QED) is 0.167. The van der Waals surface area contributed by atoms with Crippen LogP contribution in [-0.4, -0.2) is 18.9 Å². The first-order chi connectivity index (χ1) is 28.3. The van der Waals surface area contributed by atoms with Crippen LogP contribution in [0.25, 0.3) is 131 Å². The SMILES string of the molecule is c1ccc(-c2nc3ccc4ccccc4c3nc2-n2c3cc4c5ccccc5oc4c4c5cccc6c7ccccc7n(c7cc8ccccc8c2c7c43)c65)cc1. The van der Waals surface area contributed by atoms with E-state index >= 15 is 0 Å². The van der Waals surface area contributed by atoms with E-state index in [1.54, 1.807) is 0 Å².